The molecule has 1 heterocycles. The molecule has 0 N–H and O–H groups in total. The van der Waals surface area contributed by atoms with Gasteiger partial charge in [0.15, 0.2) is 0 Å². The molecule has 0 saturated carbocycles. The van der Waals surface area contributed by atoms with Crippen LogP contribution < -0.4 is 0 Å². The average molecular weight is 293 g/mol. The molecule has 2 aromatic rings. The second-order valence-electron chi connectivity index (χ2n) is 4.42. The number of carbonyl (C=O) groups excluding carboxylic acids is 1. The lowest BCUT2D eigenvalue weighted by Gasteiger charge is -2.09. The minimum atomic E-state index is -0.339. The van der Waals surface area contributed by atoms with Gasteiger partial charge in [0.05, 0.1) is 24.2 Å². The average Bonchev–Trinajstić information content (AvgIpc) is 2.86. The first-order chi connectivity index (χ1) is 9.58. The van der Waals surface area contributed by atoms with Gasteiger partial charge in [-0.3, -0.25) is 0 Å². The predicted octanol–water partition coefficient (Wildman–Crippen LogP) is 3.57. The Balaban J connectivity index is 2.47. The van der Waals surface area contributed by atoms with Crippen LogP contribution in [0.3, 0.4) is 0 Å². The van der Waals surface area contributed by atoms with Crippen LogP contribution in [0.1, 0.15) is 35.5 Å². The lowest BCUT2D eigenvalue weighted by Crippen LogP contribution is -2.09. The molecule has 0 bridgehead atoms. The Bertz CT molecular complexity index is 635. The number of benzene rings is 1. The van der Waals surface area contributed by atoms with Crippen molar-refractivity contribution in [1.29, 1.82) is 0 Å². The Kier molecular flexibility index (Phi) is 4.45. The summed E-state index contributed by atoms with van der Waals surface area (Å²) in [7, 11) is 0. The zero-order valence-corrected chi connectivity index (χ0v) is 12.6. The first-order valence-corrected chi connectivity index (χ1v) is 6.96. The van der Waals surface area contributed by atoms with Crippen LogP contribution in [0.25, 0.3) is 5.69 Å². The Morgan fingerprint density at radius 3 is 2.75 bits per heavy atom. The molecule has 4 nitrogen and oxygen atoms in total. The van der Waals surface area contributed by atoms with E-state index in [-0.39, 0.29) is 5.97 Å². The number of ether oxygens (including phenoxy) is 1. The fourth-order valence-electron chi connectivity index (χ4n) is 2.03. The summed E-state index contributed by atoms with van der Waals surface area (Å²) in [4.78, 5) is 11.9. The van der Waals surface area contributed by atoms with Crippen molar-refractivity contribution in [2.24, 2.45) is 0 Å². The molecule has 106 valence electrons. The molecule has 0 amide bonds. The van der Waals surface area contributed by atoms with Crippen LogP contribution >= 0.6 is 11.6 Å². The first kappa shape index (κ1) is 14.6. The van der Waals surface area contributed by atoms with Crippen molar-refractivity contribution in [2.45, 2.75) is 27.2 Å². The third-order valence-corrected chi connectivity index (χ3v) is 3.51. The maximum absolute atomic E-state index is 11.9. The van der Waals surface area contributed by atoms with Gasteiger partial charge in [0.2, 0.25) is 0 Å². The third-order valence-electron chi connectivity index (χ3n) is 3.10. The fourth-order valence-corrected chi connectivity index (χ4v) is 2.20. The summed E-state index contributed by atoms with van der Waals surface area (Å²) in [6, 6.07) is 5.71. The second kappa shape index (κ2) is 6.09. The van der Waals surface area contributed by atoms with E-state index in [1.807, 2.05) is 32.0 Å². The van der Waals surface area contributed by atoms with Crippen LogP contribution in [0.15, 0.2) is 24.4 Å². The van der Waals surface area contributed by atoms with E-state index in [2.05, 4.69) is 5.10 Å². The molecule has 0 radical (unpaired) electrons. The monoisotopic (exact) mass is 292 g/mol. The number of esters is 1. The minimum Gasteiger partial charge on any atom is -0.462 e. The molecule has 0 saturated heterocycles. The van der Waals surface area contributed by atoms with Gasteiger partial charge < -0.3 is 4.74 Å². The van der Waals surface area contributed by atoms with Crippen LogP contribution in [0.4, 0.5) is 0 Å². The van der Waals surface area contributed by atoms with Gasteiger partial charge in [0, 0.05) is 5.02 Å². The van der Waals surface area contributed by atoms with Crippen LogP contribution in [-0.2, 0) is 11.2 Å². The van der Waals surface area contributed by atoms with E-state index in [9.17, 15) is 4.79 Å². The van der Waals surface area contributed by atoms with Crippen molar-refractivity contribution in [3.63, 3.8) is 0 Å². The Morgan fingerprint density at radius 1 is 1.40 bits per heavy atom. The standard InChI is InChI=1S/C15H17ClN2O2/c1-4-14-12(15(19)20-5-2)9-17-18(14)11-7-6-10(3)13(16)8-11/h6-9H,4-5H2,1-3H3. The van der Waals surface area contributed by atoms with E-state index in [0.717, 1.165) is 16.9 Å². The Morgan fingerprint density at radius 2 is 2.15 bits per heavy atom. The molecule has 0 fully saturated rings. The van der Waals surface area contributed by atoms with Crippen LogP contribution in [-0.4, -0.2) is 22.4 Å². The summed E-state index contributed by atoms with van der Waals surface area (Å²) in [5, 5.41) is 4.97. The van der Waals surface area contributed by atoms with E-state index in [1.165, 1.54) is 0 Å². The van der Waals surface area contributed by atoms with Crippen LogP contribution in [0.2, 0.25) is 5.02 Å². The van der Waals surface area contributed by atoms with E-state index in [0.29, 0.717) is 23.6 Å². The van der Waals surface area contributed by atoms with Crippen molar-refractivity contribution in [3.05, 3.63) is 46.2 Å². The number of rotatable bonds is 4. The highest BCUT2D eigenvalue weighted by Crippen LogP contribution is 2.22. The van der Waals surface area contributed by atoms with Gasteiger partial charge >= 0.3 is 5.97 Å². The molecule has 0 unspecified atom stereocenters. The third kappa shape index (κ3) is 2.70. The molecule has 0 spiro atoms. The molecule has 1 aromatic carbocycles. The Labute approximate surface area is 123 Å². The molecule has 0 atom stereocenters. The van der Waals surface area contributed by atoms with E-state index >= 15 is 0 Å². The molecular formula is C15H17ClN2O2. The summed E-state index contributed by atoms with van der Waals surface area (Å²) < 4.78 is 6.78. The van der Waals surface area contributed by atoms with Crippen molar-refractivity contribution < 1.29 is 9.53 Å². The highest BCUT2D eigenvalue weighted by molar-refractivity contribution is 6.31. The summed E-state index contributed by atoms with van der Waals surface area (Å²) >= 11 is 6.15. The lowest BCUT2D eigenvalue weighted by molar-refractivity contribution is 0.0525. The molecule has 20 heavy (non-hydrogen) atoms. The number of halogens is 1. The van der Waals surface area contributed by atoms with Crippen LogP contribution in [0, 0.1) is 6.92 Å². The number of hydrogen-bond acceptors (Lipinski definition) is 3. The van der Waals surface area contributed by atoms with Gasteiger partial charge in [-0.25, -0.2) is 9.48 Å². The zero-order valence-electron chi connectivity index (χ0n) is 11.8. The van der Waals surface area contributed by atoms with Gasteiger partial charge in [-0.2, -0.15) is 5.10 Å². The fraction of sp³-hybridized carbons (Fsp3) is 0.333. The van der Waals surface area contributed by atoms with Gasteiger partial charge in [0.25, 0.3) is 0 Å². The highest BCUT2D eigenvalue weighted by atomic mass is 35.5. The number of aryl methyl sites for hydroxylation is 1. The zero-order chi connectivity index (χ0) is 14.7. The number of nitrogens with zero attached hydrogens (tertiary/aromatic N) is 2. The topological polar surface area (TPSA) is 44.1 Å². The molecule has 0 aliphatic rings. The number of carbonyl (C=O) groups is 1. The van der Waals surface area contributed by atoms with Crippen molar-refractivity contribution in [3.8, 4) is 5.69 Å². The second-order valence-corrected chi connectivity index (χ2v) is 4.83. The normalized spacial score (nSPS) is 10.6. The molecule has 5 heteroatoms. The van der Waals surface area contributed by atoms with Gasteiger partial charge in [-0.05, 0) is 38.0 Å². The smallest absolute Gasteiger partial charge is 0.341 e. The van der Waals surface area contributed by atoms with E-state index < -0.39 is 0 Å². The van der Waals surface area contributed by atoms with Gasteiger partial charge in [0.1, 0.15) is 5.56 Å². The van der Waals surface area contributed by atoms with Crippen LogP contribution in [0.5, 0.6) is 0 Å². The summed E-state index contributed by atoms with van der Waals surface area (Å²) in [6.07, 6.45) is 2.23. The van der Waals surface area contributed by atoms with Gasteiger partial charge in [-0.1, -0.05) is 24.6 Å². The number of hydrogen-bond donors (Lipinski definition) is 0. The molecule has 1 aromatic heterocycles. The quantitative estimate of drug-likeness (QED) is 0.809. The summed E-state index contributed by atoms with van der Waals surface area (Å²) in [6.45, 7) is 6.06. The van der Waals surface area contributed by atoms with E-state index in [4.69, 9.17) is 16.3 Å². The van der Waals surface area contributed by atoms with Crippen molar-refractivity contribution in [1.82, 2.24) is 9.78 Å². The maximum Gasteiger partial charge on any atom is 0.341 e. The molecule has 0 aliphatic carbocycles. The van der Waals surface area contributed by atoms with Crippen molar-refractivity contribution in [2.75, 3.05) is 6.61 Å². The lowest BCUT2D eigenvalue weighted by atomic mass is 10.2. The highest BCUT2D eigenvalue weighted by Gasteiger charge is 2.18. The van der Waals surface area contributed by atoms with Crippen molar-refractivity contribution >= 4 is 17.6 Å². The van der Waals surface area contributed by atoms with Gasteiger partial charge in [-0.15, -0.1) is 0 Å². The van der Waals surface area contributed by atoms with E-state index in [1.54, 1.807) is 17.8 Å². The largest absolute Gasteiger partial charge is 0.462 e. The first-order valence-electron chi connectivity index (χ1n) is 6.59. The minimum absolute atomic E-state index is 0.339. The predicted molar refractivity (Wildman–Crippen MR) is 78.6 cm³/mol. The number of aromatic nitrogens is 2. The molecule has 2 rings (SSSR count). The summed E-state index contributed by atoms with van der Waals surface area (Å²) in [5.74, 6) is -0.339. The maximum atomic E-state index is 11.9. The Hall–Kier alpha value is -1.81. The SMILES string of the molecule is CCOC(=O)c1cnn(-c2ccc(C)c(Cl)c2)c1CC. The molecule has 0 aliphatic heterocycles. The summed E-state index contributed by atoms with van der Waals surface area (Å²) in [5.41, 5.74) is 3.17. The molecular weight excluding hydrogens is 276 g/mol.